The predicted octanol–water partition coefficient (Wildman–Crippen LogP) is 3.89. The van der Waals surface area contributed by atoms with Crippen LogP contribution in [0.25, 0.3) is 10.8 Å². The molecule has 0 atom stereocenters. The van der Waals surface area contributed by atoms with Gasteiger partial charge in [0.2, 0.25) is 0 Å². The van der Waals surface area contributed by atoms with E-state index < -0.39 is 0 Å². The number of hydrogen-bond acceptors (Lipinski definition) is 1. The summed E-state index contributed by atoms with van der Waals surface area (Å²) in [4.78, 5) is 2.34. The summed E-state index contributed by atoms with van der Waals surface area (Å²) in [6, 6.07) is 15.0. The van der Waals surface area contributed by atoms with Crippen LogP contribution >= 0.6 is 0 Å². The first-order chi connectivity index (χ1) is 7.86. The Bertz CT molecular complexity index is 456. The van der Waals surface area contributed by atoms with E-state index in [0.29, 0.717) is 0 Å². The summed E-state index contributed by atoms with van der Waals surface area (Å²) in [7, 11) is 0. The van der Waals surface area contributed by atoms with E-state index in [1.54, 1.807) is 0 Å². The van der Waals surface area contributed by atoms with E-state index in [1.165, 1.54) is 16.5 Å². The van der Waals surface area contributed by atoms with Crippen LogP contribution in [0.2, 0.25) is 0 Å². The summed E-state index contributed by atoms with van der Waals surface area (Å²) in [5.74, 6) is 0. The van der Waals surface area contributed by atoms with E-state index in [0.717, 1.165) is 19.5 Å². The zero-order valence-electron chi connectivity index (χ0n) is 9.82. The Labute approximate surface area is 97.7 Å². The number of benzene rings is 2. The third-order valence-corrected chi connectivity index (χ3v) is 2.87. The highest BCUT2D eigenvalue weighted by atomic mass is 15.1. The van der Waals surface area contributed by atoms with E-state index in [4.69, 9.17) is 0 Å². The second kappa shape index (κ2) is 5.02. The fourth-order valence-electron chi connectivity index (χ4n) is 2.11. The Balaban J connectivity index is 2.50. The van der Waals surface area contributed by atoms with Crippen LogP contribution in [0, 0.1) is 6.92 Å². The van der Waals surface area contributed by atoms with Crippen LogP contribution in [0.4, 0.5) is 5.69 Å². The first kappa shape index (κ1) is 11.0. The quantitative estimate of drug-likeness (QED) is 0.743. The molecule has 0 spiro atoms. The van der Waals surface area contributed by atoms with Crippen molar-refractivity contribution in [1.82, 2.24) is 0 Å². The number of rotatable bonds is 4. The minimum Gasteiger partial charge on any atom is -0.371 e. The zero-order chi connectivity index (χ0) is 11.4. The molecule has 0 aliphatic rings. The van der Waals surface area contributed by atoms with E-state index in [2.05, 4.69) is 61.2 Å². The van der Waals surface area contributed by atoms with Crippen molar-refractivity contribution >= 4 is 16.5 Å². The molecule has 83 valence electrons. The maximum atomic E-state index is 4.01. The van der Waals surface area contributed by atoms with Crippen LogP contribution in [-0.4, -0.2) is 13.1 Å². The molecule has 2 aromatic carbocycles. The summed E-state index contributed by atoms with van der Waals surface area (Å²) < 4.78 is 0. The van der Waals surface area contributed by atoms with Crippen molar-refractivity contribution in [2.24, 2.45) is 0 Å². The number of hydrogen-bond donors (Lipinski definition) is 0. The molecular weight excluding hydrogens is 194 g/mol. The second-order valence-corrected chi connectivity index (χ2v) is 3.99. The van der Waals surface area contributed by atoms with Crippen molar-refractivity contribution in [2.75, 3.05) is 18.0 Å². The largest absolute Gasteiger partial charge is 0.371 e. The van der Waals surface area contributed by atoms with Crippen LogP contribution in [0.5, 0.6) is 0 Å². The topological polar surface area (TPSA) is 3.24 Å². The molecule has 1 nitrogen and oxygen atoms in total. The Morgan fingerprint density at radius 1 is 1.06 bits per heavy atom. The molecule has 0 aromatic heterocycles. The molecule has 0 bridgehead atoms. The highest BCUT2D eigenvalue weighted by molar-refractivity contribution is 5.94. The lowest BCUT2D eigenvalue weighted by molar-refractivity contribution is 0.818. The normalized spacial score (nSPS) is 10.6. The number of fused-ring (bicyclic) bond motifs is 1. The molecule has 0 aliphatic heterocycles. The summed E-state index contributed by atoms with van der Waals surface area (Å²) >= 11 is 0. The molecular formula is C15H18N. The summed E-state index contributed by atoms with van der Waals surface area (Å²) in [6.07, 6.45) is 1.15. The van der Waals surface area contributed by atoms with Crippen molar-refractivity contribution in [2.45, 2.75) is 13.3 Å². The van der Waals surface area contributed by atoms with Gasteiger partial charge in [0.25, 0.3) is 0 Å². The molecule has 0 saturated heterocycles. The van der Waals surface area contributed by atoms with Gasteiger partial charge in [0, 0.05) is 24.2 Å². The molecule has 2 rings (SSSR count). The standard InChI is InChI=1S/C15H18N/c1-3-12-16(4-2)15-11-7-9-13-8-5-6-10-14(13)15/h5-11H,2-4,12H2,1H3. The summed E-state index contributed by atoms with van der Waals surface area (Å²) in [5, 5.41) is 2.62. The molecule has 0 amide bonds. The van der Waals surface area contributed by atoms with Crippen LogP contribution in [0.1, 0.15) is 13.3 Å². The molecule has 0 fully saturated rings. The maximum Gasteiger partial charge on any atom is 0.0445 e. The van der Waals surface area contributed by atoms with Gasteiger partial charge in [-0.05, 0) is 24.8 Å². The summed E-state index contributed by atoms with van der Waals surface area (Å²) in [6.45, 7) is 8.10. The van der Waals surface area contributed by atoms with Crippen molar-refractivity contribution in [3.8, 4) is 0 Å². The average Bonchev–Trinajstić information content (AvgIpc) is 2.35. The number of anilines is 1. The van der Waals surface area contributed by atoms with Gasteiger partial charge >= 0.3 is 0 Å². The summed E-state index contributed by atoms with van der Waals surface area (Å²) in [5.41, 5.74) is 1.30. The van der Waals surface area contributed by atoms with Crippen LogP contribution in [-0.2, 0) is 0 Å². The van der Waals surface area contributed by atoms with Crippen molar-refractivity contribution in [3.05, 3.63) is 49.4 Å². The van der Waals surface area contributed by atoms with Crippen molar-refractivity contribution < 1.29 is 0 Å². The zero-order valence-corrected chi connectivity index (χ0v) is 9.82. The Morgan fingerprint density at radius 3 is 2.56 bits per heavy atom. The highest BCUT2D eigenvalue weighted by Crippen LogP contribution is 2.26. The maximum absolute atomic E-state index is 4.01. The van der Waals surface area contributed by atoms with Gasteiger partial charge in [-0.3, -0.25) is 0 Å². The van der Waals surface area contributed by atoms with Crippen LogP contribution in [0.3, 0.4) is 0 Å². The molecule has 0 N–H and O–H groups in total. The van der Waals surface area contributed by atoms with Gasteiger partial charge in [-0.1, -0.05) is 43.3 Å². The lowest BCUT2D eigenvalue weighted by Gasteiger charge is -2.24. The molecule has 16 heavy (non-hydrogen) atoms. The van der Waals surface area contributed by atoms with Crippen LogP contribution < -0.4 is 4.90 Å². The van der Waals surface area contributed by atoms with Gasteiger partial charge in [-0.25, -0.2) is 0 Å². The first-order valence-corrected chi connectivity index (χ1v) is 5.88. The van der Waals surface area contributed by atoms with Gasteiger partial charge in [0.05, 0.1) is 0 Å². The van der Waals surface area contributed by atoms with Crippen LogP contribution in [0.15, 0.2) is 42.5 Å². The molecule has 0 aliphatic carbocycles. The third-order valence-electron chi connectivity index (χ3n) is 2.87. The van der Waals surface area contributed by atoms with Crippen molar-refractivity contribution in [1.29, 1.82) is 0 Å². The fourth-order valence-corrected chi connectivity index (χ4v) is 2.11. The van der Waals surface area contributed by atoms with E-state index >= 15 is 0 Å². The molecule has 1 heteroatoms. The first-order valence-electron chi connectivity index (χ1n) is 5.88. The van der Waals surface area contributed by atoms with E-state index in [9.17, 15) is 0 Å². The van der Waals surface area contributed by atoms with Gasteiger partial charge < -0.3 is 4.90 Å². The van der Waals surface area contributed by atoms with Gasteiger partial charge in [0.1, 0.15) is 0 Å². The Kier molecular flexibility index (Phi) is 3.45. The fraction of sp³-hybridized carbons (Fsp3) is 0.267. The molecule has 0 saturated carbocycles. The van der Waals surface area contributed by atoms with Gasteiger partial charge in [0.15, 0.2) is 0 Å². The van der Waals surface area contributed by atoms with E-state index in [-0.39, 0.29) is 0 Å². The number of nitrogens with zero attached hydrogens (tertiary/aromatic N) is 1. The predicted molar refractivity (Wildman–Crippen MR) is 71.8 cm³/mol. The molecule has 1 radical (unpaired) electrons. The smallest absolute Gasteiger partial charge is 0.0445 e. The lowest BCUT2D eigenvalue weighted by atomic mass is 10.1. The highest BCUT2D eigenvalue weighted by Gasteiger charge is 2.06. The average molecular weight is 212 g/mol. The van der Waals surface area contributed by atoms with Gasteiger partial charge in [-0.15, -0.1) is 0 Å². The second-order valence-electron chi connectivity index (χ2n) is 3.99. The molecule has 0 unspecified atom stereocenters. The third kappa shape index (κ3) is 2.04. The SMILES string of the molecule is [CH2]CN(CCC)c1cccc2ccccc12. The monoisotopic (exact) mass is 212 g/mol. The minimum atomic E-state index is 0.821. The Morgan fingerprint density at radius 2 is 1.81 bits per heavy atom. The van der Waals surface area contributed by atoms with E-state index in [1.807, 2.05) is 0 Å². The molecule has 2 aromatic rings. The van der Waals surface area contributed by atoms with Gasteiger partial charge in [-0.2, -0.15) is 0 Å². The minimum absolute atomic E-state index is 0.821. The molecule has 0 heterocycles. The van der Waals surface area contributed by atoms with Crippen molar-refractivity contribution in [3.63, 3.8) is 0 Å². The lowest BCUT2D eigenvalue weighted by Crippen LogP contribution is -2.23. The Hall–Kier alpha value is -1.50.